The summed E-state index contributed by atoms with van der Waals surface area (Å²) in [6.45, 7) is 1.90. The molecule has 29 heavy (non-hydrogen) atoms. The monoisotopic (exact) mass is 419 g/mol. The zero-order valence-corrected chi connectivity index (χ0v) is 17.5. The summed E-state index contributed by atoms with van der Waals surface area (Å²) >= 11 is 3.25. The van der Waals surface area contributed by atoms with E-state index in [4.69, 9.17) is 14.7 Å². The SMILES string of the molecule is COc1cccc(-c2nc(CSc3nc4ccccc4c4nc(C)nn34)cs2)c1. The fourth-order valence-corrected chi connectivity index (χ4v) is 4.89. The molecule has 2 aromatic carbocycles. The second-order valence-electron chi connectivity index (χ2n) is 6.47. The smallest absolute Gasteiger partial charge is 0.191 e. The lowest BCUT2D eigenvalue weighted by Gasteiger charge is -2.05. The molecule has 0 saturated carbocycles. The van der Waals surface area contributed by atoms with E-state index in [1.165, 1.54) is 0 Å². The molecule has 0 spiro atoms. The summed E-state index contributed by atoms with van der Waals surface area (Å²) in [7, 11) is 1.67. The second kappa shape index (κ2) is 7.46. The third-order valence-corrected chi connectivity index (χ3v) is 6.38. The number of ether oxygens (including phenoxy) is 1. The summed E-state index contributed by atoms with van der Waals surface area (Å²) in [5.74, 6) is 2.27. The van der Waals surface area contributed by atoms with Crippen LogP contribution in [0.3, 0.4) is 0 Å². The number of methoxy groups -OCH3 is 1. The Kier molecular flexibility index (Phi) is 4.65. The van der Waals surface area contributed by atoms with Gasteiger partial charge >= 0.3 is 0 Å². The van der Waals surface area contributed by atoms with E-state index in [-0.39, 0.29) is 0 Å². The Morgan fingerprint density at radius 3 is 2.86 bits per heavy atom. The van der Waals surface area contributed by atoms with E-state index in [1.807, 2.05) is 60.0 Å². The number of hydrogen-bond acceptors (Lipinski definition) is 7. The lowest BCUT2D eigenvalue weighted by molar-refractivity contribution is 0.415. The van der Waals surface area contributed by atoms with Crippen LogP contribution in [0.15, 0.2) is 59.1 Å². The zero-order valence-electron chi connectivity index (χ0n) is 15.9. The first-order chi connectivity index (χ1) is 14.2. The third-order valence-electron chi connectivity index (χ3n) is 4.47. The van der Waals surface area contributed by atoms with Crippen molar-refractivity contribution in [2.75, 3.05) is 7.11 Å². The van der Waals surface area contributed by atoms with Gasteiger partial charge in [0.15, 0.2) is 10.8 Å². The minimum atomic E-state index is 0.708. The molecule has 0 atom stereocenters. The summed E-state index contributed by atoms with van der Waals surface area (Å²) in [5, 5.41) is 9.43. The molecule has 0 unspecified atom stereocenters. The normalized spacial score (nSPS) is 11.4. The van der Waals surface area contributed by atoms with Crippen molar-refractivity contribution in [1.29, 1.82) is 0 Å². The van der Waals surface area contributed by atoms with E-state index in [2.05, 4.69) is 15.5 Å². The number of rotatable bonds is 5. The van der Waals surface area contributed by atoms with Crippen LogP contribution in [0, 0.1) is 6.92 Å². The van der Waals surface area contributed by atoms with E-state index < -0.39 is 0 Å². The standard InChI is InChI=1S/C21H17N5OS2/c1-13-22-19-17-8-3-4-9-18(17)24-21(26(19)25-13)29-12-15-11-28-20(23-15)14-6-5-7-16(10-14)27-2/h3-11H,12H2,1-2H3. The van der Waals surface area contributed by atoms with Crippen LogP contribution in [0.25, 0.3) is 27.1 Å². The molecular weight excluding hydrogens is 402 g/mol. The Balaban J connectivity index is 1.44. The molecule has 8 heteroatoms. The van der Waals surface area contributed by atoms with Crippen molar-refractivity contribution in [3.63, 3.8) is 0 Å². The molecule has 6 nitrogen and oxygen atoms in total. The molecule has 0 fully saturated rings. The predicted molar refractivity (Wildman–Crippen MR) is 117 cm³/mol. The maximum Gasteiger partial charge on any atom is 0.191 e. The lowest BCUT2D eigenvalue weighted by atomic mass is 10.2. The van der Waals surface area contributed by atoms with Crippen molar-refractivity contribution in [1.82, 2.24) is 24.6 Å². The van der Waals surface area contributed by atoms with Crippen LogP contribution in [0.5, 0.6) is 5.75 Å². The van der Waals surface area contributed by atoms with Gasteiger partial charge in [-0.15, -0.1) is 16.4 Å². The highest BCUT2D eigenvalue weighted by atomic mass is 32.2. The van der Waals surface area contributed by atoms with Gasteiger partial charge in [0.1, 0.15) is 16.6 Å². The van der Waals surface area contributed by atoms with Gasteiger partial charge in [0.25, 0.3) is 0 Å². The highest BCUT2D eigenvalue weighted by molar-refractivity contribution is 7.98. The molecule has 0 bridgehead atoms. The van der Waals surface area contributed by atoms with Crippen molar-refractivity contribution in [3.8, 4) is 16.3 Å². The van der Waals surface area contributed by atoms with Crippen molar-refractivity contribution < 1.29 is 4.74 Å². The van der Waals surface area contributed by atoms with E-state index in [0.717, 1.165) is 49.5 Å². The average molecular weight is 420 g/mol. The predicted octanol–water partition coefficient (Wildman–Crippen LogP) is 5.01. The third kappa shape index (κ3) is 3.45. The highest BCUT2D eigenvalue weighted by Crippen LogP contribution is 2.30. The summed E-state index contributed by atoms with van der Waals surface area (Å²) in [5.41, 5.74) is 3.83. The number of fused-ring (bicyclic) bond motifs is 3. The number of hydrogen-bond donors (Lipinski definition) is 0. The lowest BCUT2D eigenvalue weighted by Crippen LogP contribution is -1.98. The maximum atomic E-state index is 5.32. The quantitative estimate of drug-likeness (QED) is 0.295. The Bertz CT molecular complexity index is 1330. The molecule has 0 aliphatic carbocycles. The first kappa shape index (κ1) is 18.1. The molecule has 0 N–H and O–H groups in total. The number of aryl methyl sites for hydroxylation is 1. The molecule has 5 rings (SSSR count). The number of para-hydroxylation sites is 1. The topological polar surface area (TPSA) is 65.2 Å². The summed E-state index contributed by atoms with van der Waals surface area (Å²) in [4.78, 5) is 14.2. The average Bonchev–Trinajstić information content (AvgIpc) is 3.38. The molecule has 3 heterocycles. The van der Waals surface area contributed by atoms with Gasteiger partial charge in [-0.2, -0.15) is 4.52 Å². The van der Waals surface area contributed by atoms with Crippen LogP contribution < -0.4 is 4.74 Å². The first-order valence-electron chi connectivity index (χ1n) is 9.05. The largest absolute Gasteiger partial charge is 0.497 e. The summed E-state index contributed by atoms with van der Waals surface area (Å²) in [6.07, 6.45) is 0. The molecule has 0 saturated heterocycles. The summed E-state index contributed by atoms with van der Waals surface area (Å²) in [6, 6.07) is 16.0. The minimum absolute atomic E-state index is 0.708. The van der Waals surface area contributed by atoms with Crippen LogP contribution in [0.4, 0.5) is 0 Å². The van der Waals surface area contributed by atoms with Gasteiger partial charge in [-0.1, -0.05) is 36.0 Å². The van der Waals surface area contributed by atoms with Crippen molar-refractivity contribution in [2.24, 2.45) is 0 Å². The van der Waals surface area contributed by atoms with E-state index in [1.54, 1.807) is 30.2 Å². The Labute approximate surface area is 175 Å². The number of thioether (sulfide) groups is 1. The van der Waals surface area contributed by atoms with Gasteiger partial charge < -0.3 is 4.74 Å². The fraction of sp³-hybridized carbons (Fsp3) is 0.143. The molecule has 0 aliphatic heterocycles. The van der Waals surface area contributed by atoms with E-state index in [9.17, 15) is 0 Å². The number of thiazole rings is 1. The molecular formula is C21H17N5OS2. The Morgan fingerprint density at radius 1 is 1.07 bits per heavy atom. The Hall–Kier alpha value is -2.97. The zero-order chi connectivity index (χ0) is 19.8. The molecule has 5 aromatic rings. The van der Waals surface area contributed by atoms with Gasteiger partial charge in [0.2, 0.25) is 0 Å². The van der Waals surface area contributed by atoms with E-state index in [0.29, 0.717) is 5.75 Å². The van der Waals surface area contributed by atoms with Gasteiger partial charge in [0.05, 0.1) is 18.3 Å². The Morgan fingerprint density at radius 2 is 1.97 bits per heavy atom. The van der Waals surface area contributed by atoms with Crippen LogP contribution in [-0.2, 0) is 5.75 Å². The van der Waals surface area contributed by atoms with Crippen LogP contribution in [0.1, 0.15) is 11.5 Å². The molecule has 0 aliphatic rings. The first-order valence-corrected chi connectivity index (χ1v) is 10.9. The molecule has 144 valence electrons. The van der Waals surface area contributed by atoms with Gasteiger partial charge in [-0.3, -0.25) is 0 Å². The summed E-state index contributed by atoms with van der Waals surface area (Å²) < 4.78 is 7.15. The van der Waals surface area contributed by atoms with Crippen molar-refractivity contribution in [2.45, 2.75) is 17.8 Å². The number of benzene rings is 2. The highest BCUT2D eigenvalue weighted by Gasteiger charge is 2.13. The fourth-order valence-electron chi connectivity index (χ4n) is 3.13. The molecule has 0 radical (unpaired) electrons. The van der Waals surface area contributed by atoms with Crippen molar-refractivity contribution >= 4 is 39.6 Å². The molecule has 3 aromatic heterocycles. The van der Waals surface area contributed by atoms with Gasteiger partial charge in [-0.05, 0) is 31.2 Å². The number of aromatic nitrogens is 5. The van der Waals surface area contributed by atoms with Crippen LogP contribution >= 0.6 is 23.1 Å². The van der Waals surface area contributed by atoms with Crippen LogP contribution in [-0.4, -0.2) is 31.7 Å². The van der Waals surface area contributed by atoms with Gasteiger partial charge in [-0.25, -0.2) is 15.0 Å². The molecule has 0 amide bonds. The maximum absolute atomic E-state index is 5.32. The van der Waals surface area contributed by atoms with Crippen LogP contribution in [0.2, 0.25) is 0 Å². The van der Waals surface area contributed by atoms with E-state index >= 15 is 0 Å². The van der Waals surface area contributed by atoms with Gasteiger partial charge in [0, 0.05) is 22.1 Å². The van der Waals surface area contributed by atoms with Crippen molar-refractivity contribution in [3.05, 3.63) is 65.4 Å². The minimum Gasteiger partial charge on any atom is -0.497 e. The second-order valence-corrected chi connectivity index (χ2v) is 8.27. The number of nitrogens with zero attached hydrogens (tertiary/aromatic N) is 5.